The first kappa shape index (κ1) is 38.5. The van der Waals surface area contributed by atoms with Crippen molar-refractivity contribution in [2.75, 3.05) is 9.80 Å². The van der Waals surface area contributed by atoms with E-state index in [4.69, 9.17) is 0 Å². The fourth-order valence-electron chi connectivity index (χ4n) is 12.3. The molecule has 11 aromatic carbocycles. The maximum Gasteiger partial charge on any atom is 0.272 e. The fourth-order valence-corrected chi connectivity index (χ4v) is 12.3. The predicted molar refractivity (Wildman–Crippen MR) is 290 cm³/mol. The maximum absolute atomic E-state index is 2.62. The van der Waals surface area contributed by atoms with Crippen molar-refractivity contribution in [2.24, 2.45) is 7.05 Å². The number of fused-ring (bicyclic) bond motifs is 18. The van der Waals surface area contributed by atoms with Crippen LogP contribution < -0.4 is 26.3 Å². The summed E-state index contributed by atoms with van der Waals surface area (Å²) >= 11 is 0. The number of hydrogen-bond donors (Lipinski definition) is 0. The second-order valence-corrected chi connectivity index (χ2v) is 19.7. The molecular formula is C63H48BN3. The highest BCUT2D eigenvalue weighted by Gasteiger charge is 2.46. The van der Waals surface area contributed by atoms with Gasteiger partial charge >= 0.3 is 0 Å². The lowest BCUT2D eigenvalue weighted by molar-refractivity contribution is 0.867. The van der Waals surface area contributed by atoms with Gasteiger partial charge < -0.3 is 14.4 Å². The Morgan fingerprint density at radius 3 is 1.30 bits per heavy atom. The summed E-state index contributed by atoms with van der Waals surface area (Å²) in [6.07, 6.45) is 0. The van der Waals surface area contributed by atoms with Crippen molar-refractivity contribution in [3.63, 3.8) is 0 Å². The summed E-state index contributed by atoms with van der Waals surface area (Å²) < 4.78 is 2.52. The zero-order valence-corrected chi connectivity index (χ0v) is 38.5. The van der Waals surface area contributed by atoms with Gasteiger partial charge in [0.1, 0.15) is 0 Å². The van der Waals surface area contributed by atoms with Gasteiger partial charge in [0.05, 0.1) is 5.69 Å². The van der Waals surface area contributed by atoms with Crippen LogP contribution in [-0.4, -0.2) is 11.3 Å². The molecule has 0 unspecified atom stereocenters. The molecule has 14 rings (SSSR count). The molecule has 12 aromatic rings. The molecule has 0 aliphatic carbocycles. The largest absolute Gasteiger partial charge is 0.353 e. The minimum atomic E-state index is -0.00207. The Balaban J connectivity index is 1.09. The second-order valence-electron chi connectivity index (χ2n) is 19.7. The topological polar surface area (TPSA) is 11.4 Å². The van der Waals surface area contributed by atoms with Crippen molar-refractivity contribution >= 4 is 133 Å². The highest BCUT2D eigenvalue weighted by atomic mass is 15.2. The Bertz CT molecular complexity index is 4030. The first-order valence-electron chi connectivity index (χ1n) is 24.0. The lowest BCUT2D eigenvalue weighted by Crippen LogP contribution is -2.62. The lowest BCUT2D eigenvalue weighted by atomic mass is 9.34. The molecule has 0 N–H and O–H groups in total. The van der Waals surface area contributed by atoms with Gasteiger partial charge in [0.2, 0.25) is 0 Å². The number of rotatable bonds is 4. The van der Waals surface area contributed by atoms with Crippen molar-refractivity contribution < 1.29 is 0 Å². The van der Waals surface area contributed by atoms with Gasteiger partial charge in [-0.1, -0.05) is 161 Å². The van der Waals surface area contributed by atoms with Crippen molar-refractivity contribution in [3.05, 3.63) is 199 Å². The molecule has 0 spiro atoms. The molecule has 2 aliphatic heterocycles. The molecule has 2 aliphatic rings. The average molecular weight is 858 g/mol. The Hall–Kier alpha value is -7.82. The Morgan fingerprint density at radius 2 is 0.791 bits per heavy atom. The van der Waals surface area contributed by atoms with Crippen molar-refractivity contribution in [3.8, 4) is 0 Å². The number of anilines is 6. The highest BCUT2D eigenvalue weighted by molar-refractivity contribution is 7.00. The van der Waals surface area contributed by atoms with E-state index in [0.717, 1.165) is 0 Å². The van der Waals surface area contributed by atoms with Crippen LogP contribution in [0, 0.1) is 0 Å². The molecular weight excluding hydrogens is 810 g/mol. The molecule has 67 heavy (non-hydrogen) atoms. The van der Waals surface area contributed by atoms with Gasteiger partial charge in [0, 0.05) is 52.0 Å². The van der Waals surface area contributed by atoms with E-state index < -0.39 is 0 Å². The van der Waals surface area contributed by atoms with Crippen molar-refractivity contribution in [1.82, 2.24) is 4.57 Å². The predicted octanol–water partition coefficient (Wildman–Crippen LogP) is 15.4. The molecule has 1 aromatic heterocycles. The van der Waals surface area contributed by atoms with E-state index in [1.807, 2.05) is 0 Å². The first-order chi connectivity index (χ1) is 32.8. The SMILES string of the molecule is CC(C)c1ccc2c(c1)B1c3c(cccc3N(c3ccc4c5ccccc5c5ccccc5c4c3)c3c1n(C)c1ccc(C(C)C)cc31)N2c1ccc2c3ccccc3c3ccccc3c2c1. The van der Waals surface area contributed by atoms with Crippen LogP contribution in [0.3, 0.4) is 0 Å². The Labute approximate surface area is 391 Å². The van der Waals surface area contributed by atoms with Crippen LogP contribution >= 0.6 is 0 Å². The van der Waals surface area contributed by atoms with Crippen LogP contribution in [0.15, 0.2) is 188 Å². The van der Waals surface area contributed by atoms with E-state index in [0.29, 0.717) is 11.8 Å². The third-order valence-corrected chi connectivity index (χ3v) is 15.5. The summed E-state index contributed by atoms with van der Waals surface area (Å²) in [5.74, 6) is 0.769. The summed E-state index contributed by atoms with van der Waals surface area (Å²) in [6, 6.07) is 71.6. The Morgan fingerprint density at radius 1 is 0.358 bits per heavy atom. The van der Waals surface area contributed by atoms with Crippen LogP contribution in [0.5, 0.6) is 0 Å². The summed E-state index contributed by atoms with van der Waals surface area (Å²) in [4.78, 5) is 5.19. The third kappa shape index (κ3) is 5.30. The normalized spacial score (nSPS) is 13.3. The smallest absolute Gasteiger partial charge is 0.272 e. The van der Waals surface area contributed by atoms with E-state index >= 15 is 0 Å². The van der Waals surface area contributed by atoms with E-state index in [-0.39, 0.29) is 6.71 Å². The first-order valence-corrected chi connectivity index (χ1v) is 24.0. The van der Waals surface area contributed by atoms with E-state index in [2.05, 4.69) is 237 Å². The van der Waals surface area contributed by atoms with E-state index in [9.17, 15) is 0 Å². The van der Waals surface area contributed by atoms with Gasteiger partial charge in [-0.05, 0) is 153 Å². The minimum Gasteiger partial charge on any atom is -0.353 e. The number of nitrogens with zero attached hydrogens (tertiary/aromatic N) is 3. The monoisotopic (exact) mass is 857 g/mol. The van der Waals surface area contributed by atoms with Gasteiger partial charge in [0.15, 0.2) is 0 Å². The van der Waals surface area contributed by atoms with Gasteiger partial charge in [-0.2, -0.15) is 0 Å². The molecule has 0 amide bonds. The molecule has 0 atom stereocenters. The number of aromatic nitrogens is 1. The standard InChI is InChI=1S/C63H48BN3/c1-37(2)39-25-31-57-55(33-39)62-63(65(57)5)64-56-34-40(38(3)4)26-32-58(56)66(41-27-29-51-47-19-8-6-15-43(47)45-17-10-12-21-49(45)53(51)35-41)59-23-14-24-60(61(59)64)67(62)42-28-30-52-48-20-9-7-16-44(48)46-18-11-13-22-50(46)54(52)36-42/h6-38H,1-5H3. The molecule has 3 nitrogen and oxygen atoms in total. The summed E-state index contributed by atoms with van der Waals surface area (Å²) in [7, 11) is 2.30. The summed E-state index contributed by atoms with van der Waals surface area (Å²) in [5.41, 5.74) is 15.3. The number of benzene rings is 11. The van der Waals surface area contributed by atoms with Crippen LogP contribution in [0.1, 0.15) is 50.7 Å². The van der Waals surface area contributed by atoms with Gasteiger partial charge in [0.25, 0.3) is 6.71 Å². The molecule has 0 saturated carbocycles. The van der Waals surface area contributed by atoms with Gasteiger partial charge in [-0.15, -0.1) is 0 Å². The Kier molecular flexibility index (Phi) is 8.09. The van der Waals surface area contributed by atoms with Gasteiger partial charge in [-0.3, -0.25) is 0 Å². The summed E-state index contributed by atoms with van der Waals surface area (Å²) in [6.45, 7) is 9.27. The molecule has 0 saturated heterocycles. The van der Waals surface area contributed by atoms with Crippen LogP contribution in [0.25, 0.3) is 75.5 Å². The molecule has 4 heteroatoms. The van der Waals surface area contributed by atoms with Crippen molar-refractivity contribution in [2.45, 2.75) is 39.5 Å². The van der Waals surface area contributed by atoms with Crippen LogP contribution in [-0.2, 0) is 7.05 Å². The third-order valence-electron chi connectivity index (χ3n) is 15.5. The molecule has 0 bridgehead atoms. The molecule has 0 fully saturated rings. The molecule has 318 valence electrons. The number of aryl methyl sites for hydroxylation is 1. The van der Waals surface area contributed by atoms with E-state index in [1.165, 1.54) is 137 Å². The summed E-state index contributed by atoms with van der Waals surface area (Å²) in [5, 5.41) is 16.7. The second kappa shape index (κ2) is 14.1. The van der Waals surface area contributed by atoms with Crippen LogP contribution in [0.4, 0.5) is 34.1 Å². The zero-order chi connectivity index (χ0) is 44.8. The zero-order valence-electron chi connectivity index (χ0n) is 38.5. The van der Waals surface area contributed by atoms with Crippen molar-refractivity contribution in [1.29, 1.82) is 0 Å². The molecule has 0 radical (unpaired) electrons. The quantitative estimate of drug-likeness (QED) is 0.129. The number of hydrogen-bond acceptors (Lipinski definition) is 2. The highest BCUT2D eigenvalue weighted by Crippen LogP contribution is 2.49. The maximum atomic E-state index is 2.62. The average Bonchev–Trinajstić information content (AvgIpc) is 3.66. The minimum absolute atomic E-state index is 0.00207. The van der Waals surface area contributed by atoms with Gasteiger partial charge in [-0.25, -0.2) is 0 Å². The van der Waals surface area contributed by atoms with E-state index in [1.54, 1.807) is 0 Å². The lowest BCUT2D eigenvalue weighted by Gasteiger charge is -2.43. The molecule has 3 heterocycles. The van der Waals surface area contributed by atoms with Crippen LogP contribution in [0.2, 0.25) is 0 Å². The fraction of sp³-hybridized carbons (Fsp3) is 0.111.